The van der Waals surface area contributed by atoms with E-state index in [1.807, 2.05) is 17.0 Å². The third-order valence-corrected chi connectivity index (χ3v) is 5.27. The van der Waals surface area contributed by atoms with Crippen molar-refractivity contribution >= 4 is 11.7 Å². The van der Waals surface area contributed by atoms with Gasteiger partial charge in [0.25, 0.3) is 5.91 Å². The molecule has 2 aromatic rings. The molecule has 1 aromatic heterocycles. The van der Waals surface area contributed by atoms with Crippen LogP contribution in [0, 0.1) is 5.92 Å². The highest BCUT2D eigenvalue weighted by Crippen LogP contribution is 2.23. The van der Waals surface area contributed by atoms with E-state index in [1.165, 1.54) is 30.3 Å². The lowest BCUT2D eigenvalue weighted by Crippen LogP contribution is -2.37. The molecule has 1 amide bonds. The van der Waals surface area contributed by atoms with Gasteiger partial charge in [-0.25, -0.2) is 9.97 Å². The Kier molecular flexibility index (Phi) is 4.38. The highest BCUT2D eigenvalue weighted by atomic mass is 16.2. The number of hydrogen-bond acceptors (Lipinski definition) is 4. The molecule has 1 saturated heterocycles. The summed E-state index contributed by atoms with van der Waals surface area (Å²) >= 11 is 0. The summed E-state index contributed by atoms with van der Waals surface area (Å²) in [7, 11) is 0. The number of carbonyl (C=O) groups is 1. The second-order valence-corrected chi connectivity index (χ2v) is 7.20. The molecule has 2 aliphatic rings. The largest absolute Gasteiger partial charge is 0.356 e. The summed E-state index contributed by atoms with van der Waals surface area (Å²) in [5, 5.41) is 0. The highest BCUT2D eigenvalue weighted by molar-refractivity contribution is 5.93. The minimum atomic E-state index is 0.00297. The van der Waals surface area contributed by atoms with E-state index in [0.29, 0.717) is 18.2 Å². The van der Waals surface area contributed by atoms with Gasteiger partial charge in [0, 0.05) is 32.2 Å². The van der Waals surface area contributed by atoms with Crippen LogP contribution < -0.4 is 4.90 Å². The van der Waals surface area contributed by atoms with Crippen molar-refractivity contribution in [3.63, 3.8) is 0 Å². The molecule has 1 unspecified atom stereocenters. The van der Waals surface area contributed by atoms with E-state index >= 15 is 0 Å². The van der Waals surface area contributed by atoms with Gasteiger partial charge < -0.3 is 9.80 Å². The first kappa shape index (κ1) is 16.1. The van der Waals surface area contributed by atoms with Crippen molar-refractivity contribution in [1.82, 2.24) is 14.9 Å². The molecule has 4 rings (SSSR count). The second kappa shape index (κ2) is 6.82. The van der Waals surface area contributed by atoms with Gasteiger partial charge in [0.15, 0.2) is 0 Å². The Morgan fingerprint density at radius 1 is 1.16 bits per heavy atom. The summed E-state index contributed by atoms with van der Waals surface area (Å²) in [6.45, 7) is 5.68. The monoisotopic (exact) mass is 336 g/mol. The maximum atomic E-state index is 12.9. The van der Waals surface area contributed by atoms with Gasteiger partial charge >= 0.3 is 0 Å². The van der Waals surface area contributed by atoms with Crippen LogP contribution in [0.25, 0.3) is 0 Å². The van der Waals surface area contributed by atoms with E-state index in [0.717, 1.165) is 31.9 Å². The highest BCUT2D eigenvalue weighted by Gasteiger charge is 2.24. The second-order valence-electron chi connectivity index (χ2n) is 7.20. The first-order chi connectivity index (χ1) is 12.2. The number of rotatable bonds is 2. The molecule has 0 radical (unpaired) electrons. The Hall–Kier alpha value is -2.43. The average molecular weight is 336 g/mol. The van der Waals surface area contributed by atoms with E-state index in [2.05, 4.69) is 40.0 Å². The van der Waals surface area contributed by atoms with Crippen molar-refractivity contribution in [3.05, 3.63) is 53.5 Å². The zero-order chi connectivity index (χ0) is 17.2. The predicted molar refractivity (Wildman–Crippen MR) is 97.5 cm³/mol. The number of benzene rings is 1. The fraction of sp³-hybridized carbons (Fsp3) is 0.450. The van der Waals surface area contributed by atoms with Crippen LogP contribution in [0.2, 0.25) is 0 Å². The van der Waals surface area contributed by atoms with Crippen LogP contribution in [0.3, 0.4) is 0 Å². The molecule has 1 aromatic carbocycles. The average Bonchev–Trinajstić information content (AvgIpc) is 2.67. The Balaban J connectivity index is 1.52. The molecule has 0 bridgehead atoms. The summed E-state index contributed by atoms with van der Waals surface area (Å²) < 4.78 is 0. The molecule has 1 atom stereocenters. The van der Waals surface area contributed by atoms with Crippen molar-refractivity contribution in [1.29, 1.82) is 0 Å². The summed E-state index contributed by atoms with van der Waals surface area (Å²) in [6.07, 6.45) is 4.88. The van der Waals surface area contributed by atoms with Crippen molar-refractivity contribution in [2.75, 3.05) is 24.5 Å². The van der Waals surface area contributed by atoms with Crippen molar-refractivity contribution < 1.29 is 4.79 Å². The van der Waals surface area contributed by atoms with Gasteiger partial charge in [-0.1, -0.05) is 31.2 Å². The minimum absolute atomic E-state index is 0.00297. The van der Waals surface area contributed by atoms with Crippen LogP contribution >= 0.6 is 0 Å². The van der Waals surface area contributed by atoms with Gasteiger partial charge in [-0.2, -0.15) is 0 Å². The van der Waals surface area contributed by atoms with Gasteiger partial charge in [0.2, 0.25) is 0 Å². The third-order valence-electron chi connectivity index (χ3n) is 5.27. The Bertz CT molecular complexity index is 776. The van der Waals surface area contributed by atoms with E-state index in [-0.39, 0.29) is 5.91 Å². The maximum absolute atomic E-state index is 12.9. The van der Waals surface area contributed by atoms with Crippen molar-refractivity contribution in [2.24, 2.45) is 5.92 Å². The number of anilines is 1. The molecule has 130 valence electrons. The topological polar surface area (TPSA) is 49.3 Å². The number of carbonyl (C=O) groups excluding carboxylic acids is 1. The number of nitrogens with zero attached hydrogens (tertiary/aromatic N) is 4. The summed E-state index contributed by atoms with van der Waals surface area (Å²) in [5.74, 6) is 1.55. The van der Waals surface area contributed by atoms with E-state index < -0.39 is 0 Å². The van der Waals surface area contributed by atoms with Crippen LogP contribution in [-0.4, -0.2) is 40.4 Å². The zero-order valence-corrected chi connectivity index (χ0v) is 14.7. The fourth-order valence-electron chi connectivity index (χ4n) is 3.87. The molecule has 0 saturated carbocycles. The minimum Gasteiger partial charge on any atom is -0.356 e. The molecule has 25 heavy (non-hydrogen) atoms. The molecule has 1 fully saturated rings. The molecule has 2 aliphatic heterocycles. The summed E-state index contributed by atoms with van der Waals surface area (Å²) in [5.41, 5.74) is 3.08. The van der Waals surface area contributed by atoms with Crippen LogP contribution in [0.5, 0.6) is 0 Å². The zero-order valence-electron chi connectivity index (χ0n) is 14.7. The molecule has 0 spiro atoms. The van der Waals surface area contributed by atoms with Gasteiger partial charge in [0.05, 0.1) is 0 Å². The first-order valence-electron chi connectivity index (χ1n) is 9.14. The number of amides is 1. The predicted octanol–water partition coefficient (Wildman–Crippen LogP) is 2.91. The number of aromatic nitrogens is 2. The quantitative estimate of drug-likeness (QED) is 0.846. The lowest BCUT2D eigenvalue weighted by Gasteiger charge is -2.32. The molecular formula is C20H24N4O. The van der Waals surface area contributed by atoms with Crippen LogP contribution in [0.15, 0.2) is 36.7 Å². The fourth-order valence-corrected chi connectivity index (χ4v) is 3.87. The Morgan fingerprint density at radius 3 is 2.84 bits per heavy atom. The maximum Gasteiger partial charge on any atom is 0.272 e. The normalized spacial score (nSPS) is 20.3. The Labute approximate surface area is 148 Å². The van der Waals surface area contributed by atoms with Crippen LogP contribution in [-0.2, 0) is 13.0 Å². The molecule has 5 heteroatoms. The van der Waals surface area contributed by atoms with Gasteiger partial charge in [-0.3, -0.25) is 4.79 Å². The standard InChI is InChI=1S/C20H24N4O/c1-15-5-4-9-23(12-15)19-11-18(21-14-22-19)20(25)24-10-8-16-6-2-3-7-17(16)13-24/h2-3,6-7,11,14-15H,4-5,8-10,12-13H2,1H3. The van der Waals surface area contributed by atoms with Gasteiger partial charge in [0.1, 0.15) is 17.8 Å². The van der Waals surface area contributed by atoms with Crippen LogP contribution in [0.1, 0.15) is 41.4 Å². The SMILES string of the molecule is CC1CCCN(c2cc(C(=O)N3CCc4ccccc4C3)ncn2)C1. The summed E-state index contributed by atoms with van der Waals surface area (Å²) in [6, 6.07) is 10.2. The number of hydrogen-bond donors (Lipinski definition) is 0. The first-order valence-corrected chi connectivity index (χ1v) is 9.14. The number of piperidine rings is 1. The lowest BCUT2D eigenvalue weighted by molar-refractivity contribution is 0.0728. The molecule has 3 heterocycles. The van der Waals surface area contributed by atoms with Crippen LogP contribution in [0.4, 0.5) is 5.82 Å². The Morgan fingerprint density at radius 2 is 2.00 bits per heavy atom. The van der Waals surface area contributed by atoms with E-state index in [1.54, 1.807) is 0 Å². The molecule has 5 nitrogen and oxygen atoms in total. The lowest BCUT2D eigenvalue weighted by atomic mass is 9.99. The van der Waals surface area contributed by atoms with E-state index in [9.17, 15) is 4.79 Å². The third kappa shape index (κ3) is 3.36. The smallest absolute Gasteiger partial charge is 0.272 e. The van der Waals surface area contributed by atoms with Gasteiger partial charge in [-0.15, -0.1) is 0 Å². The van der Waals surface area contributed by atoms with Crippen molar-refractivity contribution in [2.45, 2.75) is 32.7 Å². The van der Waals surface area contributed by atoms with E-state index in [4.69, 9.17) is 0 Å². The summed E-state index contributed by atoms with van der Waals surface area (Å²) in [4.78, 5) is 25.8. The van der Waals surface area contributed by atoms with Gasteiger partial charge in [-0.05, 0) is 36.3 Å². The number of fused-ring (bicyclic) bond motifs is 1. The molecule has 0 N–H and O–H groups in total. The molecular weight excluding hydrogens is 312 g/mol. The molecule has 0 aliphatic carbocycles. The van der Waals surface area contributed by atoms with Crippen molar-refractivity contribution in [3.8, 4) is 0 Å².